The summed E-state index contributed by atoms with van der Waals surface area (Å²) in [6.45, 7) is 1.34. The molecule has 0 aromatic carbocycles. The third kappa shape index (κ3) is 3.07. The van der Waals surface area contributed by atoms with Crippen LogP contribution in [-0.2, 0) is 14.4 Å². The van der Waals surface area contributed by atoms with Gasteiger partial charge in [0, 0.05) is 12.5 Å². The number of carbonyl (C=O) groups excluding carboxylic acids is 2. The van der Waals surface area contributed by atoms with Gasteiger partial charge in [-0.2, -0.15) is 8.78 Å². The van der Waals surface area contributed by atoms with Crippen molar-refractivity contribution < 1.29 is 28.3 Å². The van der Waals surface area contributed by atoms with E-state index in [1.165, 1.54) is 0 Å². The molecule has 1 saturated heterocycles. The van der Waals surface area contributed by atoms with Crippen molar-refractivity contribution in [3.8, 4) is 0 Å². The molecule has 1 rings (SSSR count). The van der Waals surface area contributed by atoms with Crippen molar-refractivity contribution >= 4 is 17.8 Å². The average molecular weight is 276 g/mol. The summed E-state index contributed by atoms with van der Waals surface area (Å²) < 4.78 is 24.5. The van der Waals surface area contributed by atoms with Gasteiger partial charge in [0.25, 0.3) is 6.08 Å². The average Bonchev–Trinajstić information content (AvgIpc) is 2.55. The normalized spacial score (nSPS) is 24.2. The van der Waals surface area contributed by atoms with E-state index in [0.29, 0.717) is 6.08 Å². The number of rotatable bonds is 5. The molecule has 1 aliphatic heterocycles. The van der Waals surface area contributed by atoms with Crippen molar-refractivity contribution in [2.24, 2.45) is 17.6 Å². The highest BCUT2D eigenvalue weighted by Crippen LogP contribution is 2.30. The molecular formula is C11H14F2N2O4. The molecule has 2 amide bonds. The lowest BCUT2D eigenvalue weighted by molar-refractivity contribution is -0.150. The molecule has 2 unspecified atom stereocenters. The molecule has 106 valence electrons. The predicted molar refractivity (Wildman–Crippen MR) is 59.9 cm³/mol. The largest absolute Gasteiger partial charge is 0.481 e. The maximum absolute atomic E-state index is 12.3. The smallest absolute Gasteiger partial charge is 0.316 e. The minimum atomic E-state index is -2.06. The van der Waals surface area contributed by atoms with Crippen LogP contribution in [0.2, 0.25) is 0 Å². The molecule has 0 saturated carbocycles. The van der Waals surface area contributed by atoms with Crippen LogP contribution in [0, 0.1) is 11.8 Å². The first-order valence-electron chi connectivity index (χ1n) is 5.65. The number of carboxylic acid groups (broad SMARTS) is 1. The Bertz CT molecular complexity index is 434. The Morgan fingerprint density at radius 3 is 2.53 bits per heavy atom. The Balaban J connectivity index is 3.07. The fourth-order valence-corrected chi connectivity index (χ4v) is 2.24. The molecule has 0 aliphatic carbocycles. The minimum absolute atomic E-state index is 0.196. The van der Waals surface area contributed by atoms with Crippen LogP contribution in [0.5, 0.6) is 0 Å². The topological polar surface area (TPSA) is 101 Å². The maximum atomic E-state index is 12.3. The number of hydrogen-bond donors (Lipinski definition) is 2. The number of aliphatic carboxylic acids is 1. The molecule has 0 aromatic heterocycles. The van der Waals surface area contributed by atoms with Crippen LogP contribution in [0.15, 0.2) is 12.2 Å². The number of hydrogen-bond acceptors (Lipinski definition) is 3. The molecule has 0 radical (unpaired) electrons. The zero-order chi connectivity index (χ0) is 14.7. The van der Waals surface area contributed by atoms with Crippen molar-refractivity contribution in [3.63, 3.8) is 0 Å². The van der Waals surface area contributed by atoms with E-state index in [-0.39, 0.29) is 13.0 Å². The molecule has 0 bridgehead atoms. The van der Waals surface area contributed by atoms with E-state index in [4.69, 9.17) is 10.8 Å². The molecule has 1 heterocycles. The number of halogens is 2. The van der Waals surface area contributed by atoms with E-state index >= 15 is 0 Å². The van der Waals surface area contributed by atoms with Crippen LogP contribution >= 0.6 is 0 Å². The third-order valence-corrected chi connectivity index (χ3v) is 3.08. The van der Waals surface area contributed by atoms with Crippen LogP contribution in [0.25, 0.3) is 0 Å². The van der Waals surface area contributed by atoms with E-state index in [1.807, 2.05) is 0 Å². The molecule has 6 nitrogen and oxygen atoms in total. The van der Waals surface area contributed by atoms with Crippen LogP contribution in [0.1, 0.15) is 13.3 Å². The van der Waals surface area contributed by atoms with E-state index in [0.717, 1.165) is 4.90 Å². The minimum Gasteiger partial charge on any atom is -0.481 e. The molecule has 0 aromatic rings. The summed E-state index contributed by atoms with van der Waals surface area (Å²) in [7, 11) is 0. The Morgan fingerprint density at radius 2 is 2.16 bits per heavy atom. The first-order chi connectivity index (χ1) is 8.79. The lowest BCUT2D eigenvalue weighted by Gasteiger charge is -2.24. The van der Waals surface area contributed by atoms with Crippen LogP contribution in [-0.4, -0.2) is 40.4 Å². The number of primary amides is 1. The molecule has 1 aliphatic rings. The molecule has 1 fully saturated rings. The number of nitrogens with two attached hydrogens (primary N) is 1. The summed E-state index contributed by atoms with van der Waals surface area (Å²) in [5.74, 6) is -5.90. The second-order valence-electron chi connectivity index (χ2n) is 4.25. The number of carboxylic acids is 1. The highest BCUT2D eigenvalue weighted by Gasteiger charge is 2.47. The fourth-order valence-electron chi connectivity index (χ4n) is 2.24. The first-order valence-corrected chi connectivity index (χ1v) is 5.65. The molecule has 0 spiro atoms. The lowest BCUT2D eigenvalue weighted by atomic mass is 9.96. The highest BCUT2D eigenvalue weighted by molar-refractivity contribution is 6.01. The Hall–Kier alpha value is -1.99. The molecule has 8 heteroatoms. The van der Waals surface area contributed by atoms with Gasteiger partial charge in [0.2, 0.25) is 11.8 Å². The Morgan fingerprint density at radius 1 is 1.58 bits per heavy atom. The van der Waals surface area contributed by atoms with Crippen molar-refractivity contribution in [2.75, 3.05) is 6.54 Å². The summed E-state index contributed by atoms with van der Waals surface area (Å²) in [6, 6.07) is -0.976. The van der Waals surface area contributed by atoms with Gasteiger partial charge in [-0.05, 0) is 12.5 Å². The van der Waals surface area contributed by atoms with Gasteiger partial charge >= 0.3 is 5.97 Å². The molecular weight excluding hydrogens is 262 g/mol. The third-order valence-electron chi connectivity index (χ3n) is 3.08. The second-order valence-corrected chi connectivity index (χ2v) is 4.25. The summed E-state index contributed by atoms with van der Waals surface area (Å²) in [5.41, 5.74) is 5.11. The van der Waals surface area contributed by atoms with Crippen molar-refractivity contribution in [2.45, 2.75) is 19.4 Å². The quantitative estimate of drug-likeness (QED) is 0.700. The van der Waals surface area contributed by atoms with Crippen molar-refractivity contribution in [3.05, 3.63) is 12.2 Å². The Kier molecular flexibility index (Phi) is 4.57. The second kappa shape index (κ2) is 5.77. The van der Waals surface area contributed by atoms with Gasteiger partial charge in [-0.3, -0.25) is 14.4 Å². The van der Waals surface area contributed by atoms with Gasteiger partial charge in [0.15, 0.2) is 0 Å². The number of carbonyl (C=O) groups is 3. The molecule has 3 atom stereocenters. The fraction of sp³-hybridized carbons (Fsp3) is 0.545. The number of amides is 2. The standard InChI is InChI=1S/C11H14F2N2O4/c1-2-6(9(14)16)15-4-5(3-7(12)13)8(10(15)17)11(18)19/h3,5-6,8H,2,4H2,1H3,(H2,14,16)(H,18,19)/t5?,6-,8?/m0/s1. The van der Waals surface area contributed by atoms with Gasteiger partial charge in [-0.1, -0.05) is 6.92 Å². The number of nitrogens with zero attached hydrogens (tertiary/aromatic N) is 1. The number of likely N-dealkylation sites (tertiary alicyclic amines) is 1. The Labute approximate surface area is 107 Å². The van der Waals surface area contributed by atoms with Gasteiger partial charge < -0.3 is 15.7 Å². The monoisotopic (exact) mass is 276 g/mol. The van der Waals surface area contributed by atoms with Crippen molar-refractivity contribution in [1.82, 2.24) is 4.90 Å². The van der Waals surface area contributed by atoms with Crippen LogP contribution in [0.3, 0.4) is 0 Å². The zero-order valence-electron chi connectivity index (χ0n) is 10.2. The van der Waals surface area contributed by atoms with Gasteiger partial charge in [-0.15, -0.1) is 0 Å². The SMILES string of the molecule is CC[C@@H](C(N)=O)N1CC(C=C(F)F)C(C(=O)O)C1=O. The summed E-state index contributed by atoms with van der Waals surface area (Å²) in [6.07, 6.45) is -1.43. The van der Waals surface area contributed by atoms with E-state index < -0.39 is 41.7 Å². The van der Waals surface area contributed by atoms with E-state index in [1.54, 1.807) is 6.92 Å². The van der Waals surface area contributed by atoms with Gasteiger partial charge in [0.1, 0.15) is 12.0 Å². The van der Waals surface area contributed by atoms with Crippen LogP contribution < -0.4 is 5.73 Å². The van der Waals surface area contributed by atoms with Gasteiger partial charge in [0.05, 0.1) is 0 Å². The molecule has 19 heavy (non-hydrogen) atoms. The van der Waals surface area contributed by atoms with Crippen molar-refractivity contribution in [1.29, 1.82) is 0 Å². The van der Waals surface area contributed by atoms with Crippen LogP contribution in [0.4, 0.5) is 8.78 Å². The van der Waals surface area contributed by atoms with E-state index in [2.05, 4.69) is 0 Å². The maximum Gasteiger partial charge on any atom is 0.316 e. The summed E-state index contributed by atoms with van der Waals surface area (Å²) >= 11 is 0. The first kappa shape index (κ1) is 15.1. The predicted octanol–water partition coefficient (Wildman–Crippen LogP) is 0.190. The zero-order valence-corrected chi connectivity index (χ0v) is 10.2. The van der Waals surface area contributed by atoms with E-state index in [9.17, 15) is 23.2 Å². The summed E-state index contributed by atoms with van der Waals surface area (Å²) in [4.78, 5) is 35.0. The highest BCUT2D eigenvalue weighted by atomic mass is 19.3. The molecule has 3 N–H and O–H groups in total. The lowest BCUT2D eigenvalue weighted by Crippen LogP contribution is -2.46. The summed E-state index contributed by atoms with van der Waals surface area (Å²) in [5, 5.41) is 8.94. The van der Waals surface area contributed by atoms with Gasteiger partial charge in [-0.25, -0.2) is 0 Å².